The molecule has 30 heavy (non-hydrogen) atoms. The topological polar surface area (TPSA) is 104 Å². The van der Waals surface area contributed by atoms with Gasteiger partial charge in [-0.2, -0.15) is 0 Å². The second-order valence-electron chi connectivity index (χ2n) is 8.31. The number of fused-ring (bicyclic) bond motifs is 1. The number of nitrogens with zero attached hydrogens (tertiary/aromatic N) is 3. The first-order chi connectivity index (χ1) is 14.6. The van der Waals surface area contributed by atoms with Gasteiger partial charge >= 0.3 is 0 Å². The Hall–Kier alpha value is -2.87. The van der Waals surface area contributed by atoms with E-state index in [0.717, 1.165) is 55.7 Å². The molecule has 2 fully saturated rings. The summed E-state index contributed by atoms with van der Waals surface area (Å²) in [4.78, 5) is 7.06. The first kappa shape index (κ1) is 19.1. The van der Waals surface area contributed by atoms with Gasteiger partial charge in [0, 0.05) is 43.2 Å². The lowest BCUT2D eigenvalue weighted by Gasteiger charge is -2.26. The lowest BCUT2D eigenvalue weighted by atomic mass is 9.96. The lowest BCUT2D eigenvalue weighted by Crippen LogP contribution is -2.29. The lowest BCUT2D eigenvalue weighted by molar-refractivity contribution is 0.00847. The number of hydrogen-bond donors (Lipinski definition) is 3. The molecule has 7 heteroatoms. The first-order valence-electron chi connectivity index (χ1n) is 10.4. The number of pyridine rings is 2. The van der Waals surface area contributed by atoms with E-state index in [1.165, 1.54) is 5.56 Å². The fourth-order valence-corrected chi connectivity index (χ4v) is 4.16. The van der Waals surface area contributed by atoms with E-state index < -0.39 is 0 Å². The van der Waals surface area contributed by atoms with Crippen molar-refractivity contribution in [3.05, 3.63) is 71.0 Å². The van der Waals surface area contributed by atoms with Gasteiger partial charge in [-0.3, -0.25) is 20.3 Å². The highest BCUT2D eigenvalue weighted by atomic mass is 16.5. The molecule has 3 aromatic rings. The molecule has 1 atom stereocenters. The average Bonchev–Trinajstić information content (AvgIpc) is 3.11. The summed E-state index contributed by atoms with van der Waals surface area (Å²) in [6.45, 7) is 4.17. The van der Waals surface area contributed by atoms with Gasteiger partial charge in [-0.25, -0.2) is 4.98 Å². The molecule has 0 saturated carbocycles. The number of nitrogens with two attached hydrogens (primary N) is 1. The van der Waals surface area contributed by atoms with Gasteiger partial charge in [-0.15, -0.1) is 0 Å². The third kappa shape index (κ3) is 3.67. The monoisotopic (exact) mass is 402 g/mol. The van der Waals surface area contributed by atoms with Crippen LogP contribution in [0.1, 0.15) is 29.2 Å². The molecular weight excluding hydrogens is 376 g/mol. The van der Waals surface area contributed by atoms with E-state index in [9.17, 15) is 0 Å². The molecule has 2 saturated heterocycles. The molecule has 0 spiro atoms. The zero-order valence-corrected chi connectivity index (χ0v) is 16.8. The van der Waals surface area contributed by atoms with E-state index in [0.29, 0.717) is 11.6 Å². The van der Waals surface area contributed by atoms with E-state index in [4.69, 9.17) is 26.3 Å². The smallest absolute Gasteiger partial charge is 0.156 e. The van der Waals surface area contributed by atoms with Gasteiger partial charge in [0.15, 0.2) is 5.84 Å². The standard InChI is InChI=1S/C23H26N6O/c24-19-7-8-28(12-19)10-15-1-6-22(25)29(11-15)23(26)20-5-4-16-2-3-17(9-21(16)27-20)18-13-30-14-18/h1-6,9,11,18-19,25-26H,7-8,10,12-14,24H2. The van der Waals surface area contributed by atoms with Crippen molar-refractivity contribution in [2.45, 2.75) is 24.9 Å². The Labute approximate surface area is 175 Å². The maximum Gasteiger partial charge on any atom is 0.156 e. The van der Waals surface area contributed by atoms with Crippen LogP contribution in [0.15, 0.2) is 48.7 Å². The number of nitrogens with one attached hydrogen (secondary N) is 2. The van der Waals surface area contributed by atoms with Crippen LogP contribution in [0, 0.1) is 10.8 Å². The fourth-order valence-electron chi connectivity index (χ4n) is 4.16. The highest BCUT2D eigenvalue weighted by molar-refractivity contribution is 5.98. The number of aromatic nitrogens is 2. The van der Waals surface area contributed by atoms with Gasteiger partial charge in [-0.05, 0) is 35.7 Å². The summed E-state index contributed by atoms with van der Waals surface area (Å²) in [6.07, 6.45) is 2.89. The van der Waals surface area contributed by atoms with Crippen molar-refractivity contribution in [1.82, 2.24) is 14.5 Å². The molecule has 4 N–H and O–H groups in total. The Morgan fingerprint density at radius 2 is 2.00 bits per heavy atom. The summed E-state index contributed by atoms with van der Waals surface area (Å²) in [6, 6.07) is 14.1. The summed E-state index contributed by atoms with van der Waals surface area (Å²) >= 11 is 0. The van der Waals surface area contributed by atoms with Crippen molar-refractivity contribution in [2.24, 2.45) is 5.73 Å². The molecule has 0 radical (unpaired) electrons. The van der Waals surface area contributed by atoms with Gasteiger partial charge in [0.2, 0.25) is 0 Å². The zero-order valence-electron chi connectivity index (χ0n) is 16.8. The maximum atomic E-state index is 8.71. The molecule has 0 aliphatic carbocycles. The van der Waals surface area contributed by atoms with E-state index in [1.807, 2.05) is 24.4 Å². The normalized spacial score (nSPS) is 19.8. The minimum Gasteiger partial charge on any atom is -0.380 e. The predicted octanol–water partition coefficient (Wildman–Crippen LogP) is 2.04. The van der Waals surface area contributed by atoms with Crippen molar-refractivity contribution in [2.75, 3.05) is 26.3 Å². The first-order valence-corrected chi connectivity index (χ1v) is 10.4. The minimum absolute atomic E-state index is 0.208. The van der Waals surface area contributed by atoms with Crippen molar-refractivity contribution >= 4 is 16.7 Å². The van der Waals surface area contributed by atoms with E-state index in [-0.39, 0.29) is 17.4 Å². The Morgan fingerprint density at radius 1 is 1.17 bits per heavy atom. The molecule has 1 unspecified atom stereocenters. The number of hydrogen-bond acceptors (Lipinski definition) is 6. The molecule has 154 valence electrons. The molecule has 1 aromatic carbocycles. The summed E-state index contributed by atoms with van der Waals surface area (Å²) < 4.78 is 6.91. The van der Waals surface area contributed by atoms with Crippen LogP contribution in [0.2, 0.25) is 0 Å². The second-order valence-corrected chi connectivity index (χ2v) is 8.31. The Balaban J connectivity index is 1.43. The number of rotatable bonds is 4. The van der Waals surface area contributed by atoms with Crippen LogP contribution in [0.4, 0.5) is 0 Å². The molecule has 2 aliphatic rings. The van der Waals surface area contributed by atoms with Gasteiger partial charge in [0.1, 0.15) is 11.2 Å². The van der Waals surface area contributed by atoms with Crippen LogP contribution in [0.5, 0.6) is 0 Å². The fraction of sp³-hybridized carbons (Fsp3) is 0.348. The molecule has 0 amide bonds. The molecule has 0 bridgehead atoms. The summed E-state index contributed by atoms with van der Waals surface area (Å²) in [5.74, 6) is 0.642. The predicted molar refractivity (Wildman–Crippen MR) is 116 cm³/mol. The molecular formula is C23H26N6O. The number of ether oxygens (including phenoxy) is 1. The van der Waals surface area contributed by atoms with Crippen LogP contribution < -0.4 is 11.2 Å². The van der Waals surface area contributed by atoms with Crippen molar-refractivity contribution in [3.8, 4) is 0 Å². The van der Waals surface area contributed by atoms with Gasteiger partial charge in [0.25, 0.3) is 0 Å². The highest BCUT2D eigenvalue weighted by Crippen LogP contribution is 2.26. The van der Waals surface area contributed by atoms with Crippen molar-refractivity contribution in [3.63, 3.8) is 0 Å². The van der Waals surface area contributed by atoms with E-state index in [1.54, 1.807) is 10.6 Å². The second kappa shape index (κ2) is 7.75. The van der Waals surface area contributed by atoms with Crippen LogP contribution >= 0.6 is 0 Å². The molecule has 2 aromatic heterocycles. The maximum absolute atomic E-state index is 8.71. The highest BCUT2D eigenvalue weighted by Gasteiger charge is 2.21. The van der Waals surface area contributed by atoms with Crippen molar-refractivity contribution in [1.29, 1.82) is 10.8 Å². The largest absolute Gasteiger partial charge is 0.380 e. The van der Waals surface area contributed by atoms with Gasteiger partial charge in [-0.1, -0.05) is 24.3 Å². The van der Waals surface area contributed by atoms with E-state index >= 15 is 0 Å². The van der Waals surface area contributed by atoms with Crippen molar-refractivity contribution < 1.29 is 4.74 Å². The van der Waals surface area contributed by atoms with Crippen LogP contribution in [0.3, 0.4) is 0 Å². The molecule has 2 aliphatic heterocycles. The molecule has 4 heterocycles. The van der Waals surface area contributed by atoms with Gasteiger partial charge < -0.3 is 10.5 Å². The SMILES string of the molecule is N=C(c1ccc2ccc(C3COC3)cc2n1)n1cc(CN2CCC(N)C2)ccc1=N. The van der Waals surface area contributed by atoms with Crippen LogP contribution in [-0.4, -0.2) is 52.6 Å². The Kier molecular flexibility index (Phi) is 4.94. The summed E-state index contributed by atoms with van der Waals surface area (Å²) in [5.41, 5.74) is 10.0. The molecule has 7 nitrogen and oxygen atoms in total. The third-order valence-corrected chi connectivity index (χ3v) is 6.03. The summed E-state index contributed by atoms with van der Waals surface area (Å²) in [5, 5.41) is 18.1. The number of likely N-dealkylation sites (tertiary alicyclic amines) is 1. The Bertz CT molecular complexity index is 1170. The van der Waals surface area contributed by atoms with Crippen LogP contribution in [-0.2, 0) is 11.3 Å². The average molecular weight is 403 g/mol. The molecule has 5 rings (SSSR count). The minimum atomic E-state index is 0.208. The van der Waals surface area contributed by atoms with Crippen LogP contribution in [0.25, 0.3) is 10.9 Å². The Morgan fingerprint density at radius 3 is 2.73 bits per heavy atom. The quantitative estimate of drug-likeness (QED) is 0.459. The van der Waals surface area contributed by atoms with Gasteiger partial charge in [0.05, 0.1) is 18.7 Å². The zero-order chi connectivity index (χ0) is 20.7. The summed E-state index contributed by atoms with van der Waals surface area (Å²) in [7, 11) is 0. The van der Waals surface area contributed by atoms with E-state index in [2.05, 4.69) is 23.1 Å². The number of benzene rings is 1. The third-order valence-electron chi connectivity index (χ3n) is 6.03.